The highest BCUT2D eigenvalue weighted by atomic mass is 79.9. The first kappa shape index (κ1) is 39.0. The number of alkyl halides is 1. The fourth-order valence-electron chi connectivity index (χ4n) is 3.27. The summed E-state index contributed by atoms with van der Waals surface area (Å²) < 4.78 is 4.56. The van der Waals surface area contributed by atoms with Crippen molar-refractivity contribution in [3.8, 4) is 34.6 Å². The van der Waals surface area contributed by atoms with E-state index in [-0.39, 0.29) is 0 Å². The first-order chi connectivity index (χ1) is 23.2. The van der Waals surface area contributed by atoms with Crippen molar-refractivity contribution in [3.63, 3.8) is 0 Å². The molecule has 0 aliphatic carbocycles. The lowest BCUT2D eigenvalue weighted by Crippen LogP contribution is -2.19. The number of hydrogen-bond acceptors (Lipinski definition) is 13. The largest absolute Gasteiger partial charge is 0.308 e. The smallest absolute Gasteiger partial charge is 0.223 e. The van der Waals surface area contributed by atoms with Gasteiger partial charge in [0.1, 0.15) is 17.1 Å². The molecule has 0 amide bonds. The van der Waals surface area contributed by atoms with E-state index in [4.69, 9.17) is 0 Å². The van der Waals surface area contributed by atoms with Crippen LogP contribution in [0.1, 0.15) is 26.7 Å². The van der Waals surface area contributed by atoms with Crippen LogP contribution < -0.4 is 0 Å². The number of likely N-dealkylation sites (N-methyl/N-ethyl adjacent to an activating group) is 1. The average molecular weight is 914 g/mol. The Bertz CT molecular complexity index is 1710. The van der Waals surface area contributed by atoms with Gasteiger partial charge in [0.2, 0.25) is 17.5 Å². The summed E-state index contributed by atoms with van der Waals surface area (Å²) in [5.41, 5.74) is 2.21. The molecule has 1 N–H and O–H groups in total. The van der Waals surface area contributed by atoms with Crippen molar-refractivity contribution in [2.24, 2.45) is 0 Å². The minimum atomic E-state index is 0.502. The lowest BCUT2D eigenvalue weighted by Gasteiger charge is -2.09. The minimum absolute atomic E-state index is 0.502. The van der Waals surface area contributed by atoms with E-state index in [9.17, 15) is 0 Å². The molecule has 0 aliphatic heterocycles. The van der Waals surface area contributed by atoms with E-state index < -0.39 is 0 Å². The number of nitrogens with zero attached hydrogens (tertiary/aromatic N) is 15. The van der Waals surface area contributed by atoms with Crippen LogP contribution in [0.15, 0.2) is 68.4 Å². The van der Waals surface area contributed by atoms with Gasteiger partial charge in [-0.1, -0.05) is 29.8 Å². The summed E-state index contributed by atoms with van der Waals surface area (Å²) in [6.45, 7) is 6.61. The molecule has 20 heteroatoms. The van der Waals surface area contributed by atoms with Gasteiger partial charge in [0.05, 0.1) is 13.1 Å². The lowest BCUT2D eigenvalue weighted by molar-refractivity contribution is 0.371. The van der Waals surface area contributed by atoms with Crippen LogP contribution in [0, 0.1) is 0 Å². The molecule has 16 nitrogen and oxygen atoms in total. The molecule has 0 saturated heterocycles. The summed E-state index contributed by atoms with van der Waals surface area (Å²) in [6.07, 6.45) is 7.37. The third-order valence-electron chi connectivity index (χ3n) is 5.57. The first-order valence-corrected chi connectivity index (χ1v) is 18.1. The first-order valence-electron chi connectivity index (χ1n) is 14.6. The van der Waals surface area contributed by atoms with Crippen LogP contribution in [0.5, 0.6) is 0 Å². The van der Waals surface area contributed by atoms with Crippen LogP contribution in [0.2, 0.25) is 0 Å². The van der Waals surface area contributed by atoms with Gasteiger partial charge in [0.25, 0.3) is 0 Å². The number of aromatic amines is 1. The number of aryl methyl sites for hydroxylation is 1. The second-order valence-corrected chi connectivity index (χ2v) is 13.3. The maximum absolute atomic E-state index is 4.28. The Balaban J connectivity index is 0.000000187. The van der Waals surface area contributed by atoms with E-state index in [0.717, 1.165) is 56.2 Å². The molecule has 6 aromatic heterocycles. The van der Waals surface area contributed by atoms with Gasteiger partial charge in [0.15, 0.2) is 0 Å². The maximum atomic E-state index is 4.28. The maximum Gasteiger partial charge on any atom is 0.223 e. The van der Waals surface area contributed by atoms with Crippen LogP contribution in [0.25, 0.3) is 34.6 Å². The monoisotopic (exact) mass is 910 g/mol. The molecule has 254 valence electrons. The SMILES string of the molecule is Brc1ccc(-c2nn[nH]n2)nc1.CCCBr.CCCn1nnc(-c2ccc(Br)cn2)n1.CN(C)CCn1nnnc1-c1ccc(Br)cn1. The Kier molecular flexibility index (Phi) is 17.5. The molecule has 6 aromatic rings. The topological polar surface area (TPSA) is 184 Å². The van der Waals surface area contributed by atoms with E-state index in [2.05, 4.69) is 149 Å². The Morgan fingerprint density at radius 1 is 0.708 bits per heavy atom. The summed E-state index contributed by atoms with van der Waals surface area (Å²) >= 11 is 13.2. The Morgan fingerprint density at radius 2 is 1.29 bits per heavy atom. The molecule has 0 saturated carbocycles. The molecule has 0 spiro atoms. The molecule has 48 heavy (non-hydrogen) atoms. The van der Waals surface area contributed by atoms with E-state index in [1.165, 1.54) is 6.42 Å². The molecule has 0 unspecified atom stereocenters. The third kappa shape index (κ3) is 13.6. The third-order valence-corrected chi connectivity index (χ3v) is 7.77. The van der Waals surface area contributed by atoms with Gasteiger partial charge in [-0.05, 0) is 132 Å². The molecule has 0 fully saturated rings. The number of rotatable bonds is 9. The van der Waals surface area contributed by atoms with Crippen LogP contribution in [0.3, 0.4) is 0 Å². The standard InChI is InChI=1S/C10H13BrN6.C9H10BrN5.C6H4BrN5.C3H7Br/c1-16(2)5-6-17-10(13-14-15-17)9-4-3-8(11)7-12-9;1-2-5-15-13-9(12-14-15)8-4-3-7(10)6-11-8;7-4-1-2-5(8-3-4)6-9-11-12-10-6;1-2-3-4/h3-4,7H,5-6H2,1-2H3;3-4,6H,2,5H2,1H3;1-3H,(H,9,10,11,12);2-3H2,1H3. The van der Waals surface area contributed by atoms with E-state index >= 15 is 0 Å². The van der Waals surface area contributed by atoms with Crippen LogP contribution in [-0.2, 0) is 13.1 Å². The quantitative estimate of drug-likeness (QED) is 0.173. The van der Waals surface area contributed by atoms with Crippen molar-refractivity contribution in [1.82, 2.24) is 80.9 Å². The molecule has 0 atom stereocenters. The number of H-pyrrole nitrogens is 1. The summed E-state index contributed by atoms with van der Waals surface area (Å²) in [5.74, 6) is 1.76. The molecular formula is C28H34Br4N16. The average Bonchev–Trinajstić information content (AvgIpc) is 3.89. The molecule has 0 aromatic carbocycles. The fourth-order valence-corrected chi connectivity index (χ4v) is 3.97. The molecule has 0 aliphatic rings. The highest BCUT2D eigenvalue weighted by Gasteiger charge is 2.10. The zero-order valence-electron chi connectivity index (χ0n) is 26.7. The minimum Gasteiger partial charge on any atom is -0.308 e. The van der Waals surface area contributed by atoms with Crippen molar-refractivity contribution < 1.29 is 0 Å². The molecule has 6 heterocycles. The van der Waals surface area contributed by atoms with Crippen molar-refractivity contribution in [1.29, 1.82) is 0 Å². The van der Waals surface area contributed by atoms with Crippen molar-refractivity contribution in [2.45, 2.75) is 39.8 Å². The van der Waals surface area contributed by atoms with Gasteiger partial charge in [-0.25, -0.2) is 4.68 Å². The molecular weight excluding hydrogens is 880 g/mol. The van der Waals surface area contributed by atoms with Crippen molar-refractivity contribution in [3.05, 3.63) is 68.4 Å². The number of pyridine rings is 3. The number of aromatic nitrogens is 15. The van der Waals surface area contributed by atoms with Crippen molar-refractivity contribution >= 4 is 63.7 Å². The summed E-state index contributed by atoms with van der Waals surface area (Å²) in [7, 11) is 4.03. The van der Waals surface area contributed by atoms with Crippen LogP contribution in [-0.4, -0.2) is 107 Å². The Labute approximate surface area is 311 Å². The fraction of sp³-hybridized carbons (Fsp3) is 0.357. The summed E-state index contributed by atoms with van der Waals surface area (Å²) in [6, 6.07) is 11.3. The number of hydrogen-bond donors (Lipinski definition) is 1. The van der Waals surface area contributed by atoms with Gasteiger partial charge < -0.3 is 4.90 Å². The number of halogens is 4. The Morgan fingerprint density at radius 3 is 1.77 bits per heavy atom. The second-order valence-electron chi connectivity index (χ2n) is 9.75. The normalized spacial score (nSPS) is 10.4. The zero-order chi connectivity index (χ0) is 34.7. The molecule has 6 rings (SSSR count). The molecule has 0 bridgehead atoms. The predicted molar refractivity (Wildman–Crippen MR) is 196 cm³/mol. The zero-order valence-corrected chi connectivity index (χ0v) is 33.0. The van der Waals surface area contributed by atoms with E-state index in [1.807, 2.05) is 50.5 Å². The van der Waals surface area contributed by atoms with Gasteiger partial charge >= 0.3 is 0 Å². The number of nitrogens with one attached hydrogen (secondary N) is 1. The van der Waals surface area contributed by atoms with Gasteiger partial charge in [-0.15, -0.1) is 25.5 Å². The highest BCUT2D eigenvalue weighted by Crippen LogP contribution is 2.16. The lowest BCUT2D eigenvalue weighted by atomic mass is 10.3. The van der Waals surface area contributed by atoms with E-state index in [0.29, 0.717) is 23.2 Å². The van der Waals surface area contributed by atoms with E-state index in [1.54, 1.807) is 28.1 Å². The highest BCUT2D eigenvalue weighted by molar-refractivity contribution is 9.11. The summed E-state index contributed by atoms with van der Waals surface area (Å²) in [4.78, 5) is 16.2. The molecule has 0 radical (unpaired) electrons. The number of tetrazole rings is 3. The van der Waals surface area contributed by atoms with Gasteiger partial charge in [0, 0.05) is 43.9 Å². The van der Waals surface area contributed by atoms with Crippen molar-refractivity contribution in [2.75, 3.05) is 26.0 Å². The van der Waals surface area contributed by atoms with Crippen LogP contribution >= 0.6 is 63.7 Å². The van der Waals surface area contributed by atoms with Crippen LogP contribution in [0.4, 0.5) is 0 Å². The Hall–Kier alpha value is -3.46. The predicted octanol–water partition coefficient (Wildman–Crippen LogP) is 5.78. The summed E-state index contributed by atoms with van der Waals surface area (Å²) in [5, 5.41) is 38.2. The van der Waals surface area contributed by atoms with Gasteiger partial charge in [-0.3, -0.25) is 15.0 Å². The van der Waals surface area contributed by atoms with Gasteiger partial charge in [-0.2, -0.15) is 10.0 Å². The second kappa shape index (κ2) is 21.5.